The molecule has 3 aromatic rings. The first-order valence-corrected chi connectivity index (χ1v) is 13.9. The van der Waals surface area contributed by atoms with Crippen LogP contribution in [0.4, 0.5) is 11.4 Å². The molecular formula is C30H25N3O5S2. The van der Waals surface area contributed by atoms with E-state index in [0.29, 0.717) is 26.8 Å². The fraction of sp³-hybridized carbons (Fsp3) is 0.167. The number of ether oxygens (including phenoxy) is 1. The standard InChI is InChI=1S/C30H25N3O5S2/c1-3-38-29(37)20-13-15-21(16-14-20)31-24(34)17-32-23-12-8-7-11-22(23)25(27(32)35)26-28(36)33(30(39)40-26)18(2)19-9-5-4-6-10-19/h4-16,18H,3,17H2,1-2H3,(H,31,34)/b26-25-. The molecule has 2 aliphatic rings. The van der Waals surface area contributed by atoms with Gasteiger partial charge in [-0.2, -0.15) is 0 Å². The van der Waals surface area contributed by atoms with E-state index < -0.39 is 17.8 Å². The van der Waals surface area contributed by atoms with Gasteiger partial charge in [-0.05, 0) is 49.7 Å². The summed E-state index contributed by atoms with van der Waals surface area (Å²) < 4.78 is 5.35. The van der Waals surface area contributed by atoms with Gasteiger partial charge in [-0.15, -0.1) is 0 Å². The molecular weight excluding hydrogens is 546 g/mol. The number of thiocarbonyl (C=S) groups is 1. The number of amides is 3. The SMILES string of the molecule is CCOC(=O)c1ccc(NC(=O)CN2C(=O)/C(=C3\SC(=S)N(C(C)c4ccccc4)C3=O)c3ccccc32)cc1. The molecule has 1 unspecified atom stereocenters. The molecule has 0 saturated carbocycles. The number of nitrogens with one attached hydrogen (secondary N) is 1. The van der Waals surface area contributed by atoms with E-state index in [1.807, 2.05) is 37.3 Å². The van der Waals surface area contributed by atoms with Crippen molar-refractivity contribution in [3.05, 3.63) is 100 Å². The monoisotopic (exact) mass is 571 g/mol. The summed E-state index contributed by atoms with van der Waals surface area (Å²) >= 11 is 6.67. The van der Waals surface area contributed by atoms with Crippen LogP contribution in [0.2, 0.25) is 0 Å². The molecule has 3 amide bonds. The van der Waals surface area contributed by atoms with E-state index in [9.17, 15) is 19.2 Å². The minimum Gasteiger partial charge on any atom is -0.462 e. The van der Waals surface area contributed by atoms with Crippen LogP contribution in [0.1, 0.15) is 41.4 Å². The molecule has 2 aliphatic heterocycles. The second-order valence-electron chi connectivity index (χ2n) is 9.09. The van der Waals surface area contributed by atoms with Gasteiger partial charge in [-0.3, -0.25) is 24.2 Å². The molecule has 0 aromatic heterocycles. The Labute approximate surface area is 241 Å². The third-order valence-corrected chi connectivity index (χ3v) is 8.00. The lowest BCUT2D eigenvalue weighted by molar-refractivity contribution is -0.123. The quantitative estimate of drug-likeness (QED) is 0.237. The van der Waals surface area contributed by atoms with Gasteiger partial charge >= 0.3 is 5.97 Å². The Morgan fingerprint density at radius 2 is 1.62 bits per heavy atom. The van der Waals surface area contributed by atoms with Gasteiger partial charge in [0.2, 0.25) is 5.91 Å². The number of rotatable bonds is 7. The van der Waals surface area contributed by atoms with Crippen molar-refractivity contribution in [2.45, 2.75) is 19.9 Å². The summed E-state index contributed by atoms with van der Waals surface area (Å²) in [5.74, 6) is -1.66. The highest BCUT2D eigenvalue weighted by molar-refractivity contribution is 8.26. The van der Waals surface area contributed by atoms with E-state index in [-0.39, 0.29) is 35.6 Å². The smallest absolute Gasteiger partial charge is 0.338 e. The van der Waals surface area contributed by atoms with Crippen LogP contribution in [0.3, 0.4) is 0 Å². The summed E-state index contributed by atoms with van der Waals surface area (Å²) in [5.41, 5.74) is 3.11. The summed E-state index contributed by atoms with van der Waals surface area (Å²) in [6, 6.07) is 22.6. The van der Waals surface area contributed by atoms with Crippen LogP contribution in [0, 0.1) is 0 Å². The summed E-state index contributed by atoms with van der Waals surface area (Å²) in [6.45, 7) is 3.62. The number of esters is 1. The first-order chi connectivity index (χ1) is 19.3. The highest BCUT2D eigenvalue weighted by Crippen LogP contribution is 2.46. The van der Waals surface area contributed by atoms with E-state index >= 15 is 0 Å². The molecule has 202 valence electrons. The molecule has 0 aliphatic carbocycles. The maximum atomic E-state index is 13.7. The van der Waals surface area contributed by atoms with Crippen LogP contribution < -0.4 is 10.2 Å². The van der Waals surface area contributed by atoms with Gasteiger partial charge in [0.15, 0.2) is 0 Å². The van der Waals surface area contributed by atoms with Crippen molar-refractivity contribution >= 4 is 68.9 Å². The number of para-hydroxylation sites is 1. The molecule has 5 rings (SSSR count). The van der Waals surface area contributed by atoms with Gasteiger partial charge in [-0.25, -0.2) is 4.79 Å². The summed E-state index contributed by atoms with van der Waals surface area (Å²) in [4.78, 5) is 55.4. The zero-order chi connectivity index (χ0) is 28.4. The number of hydrogen-bond acceptors (Lipinski definition) is 7. The lowest BCUT2D eigenvalue weighted by Gasteiger charge is -2.23. The fourth-order valence-electron chi connectivity index (χ4n) is 4.65. The first kappa shape index (κ1) is 27.3. The van der Waals surface area contributed by atoms with Gasteiger partial charge in [0, 0.05) is 11.3 Å². The van der Waals surface area contributed by atoms with Crippen molar-refractivity contribution in [3.63, 3.8) is 0 Å². The highest BCUT2D eigenvalue weighted by Gasteiger charge is 2.43. The highest BCUT2D eigenvalue weighted by atomic mass is 32.2. The number of benzene rings is 3. The first-order valence-electron chi connectivity index (χ1n) is 12.6. The number of nitrogens with zero attached hydrogens (tertiary/aromatic N) is 2. The summed E-state index contributed by atoms with van der Waals surface area (Å²) in [6.07, 6.45) is 0. The predicted molar refractivity (Wildman–Crippen MR) is 159 cm³/mol. The van der Waals surface area contributed by atoms with Gasteiger partial charge < -0.3 is 10.1 Å². The van der Waals surface area contributed by atoms with Crippen molar-refractivity contribution < 1.29 is 23.9 Å². The van der Waals surface area contributed by atoms with Gasteiger partial charge in [0.05, 0.1) is 34.4 Å². The number of hydrogen-bond donors (Lipinski definition) is 1. The molecule has 0 spiro atoms. The third kappa shape index (κ3) is 5.15. The van der Waals surface area contributed by atoms with Crippen molar-refractivity contribution in [1.29, 1.82) is 0 Å². The third-order valence-electron chi connectivity index (χ3n) is 6.60. The van der Waals surface area contributed by atoms with Crippen molar-refractivity contribution in [2.75, 3.05) is 23.4 Å². The average Bonchev–Trinajstić information content (AvgIpc) is 3.40. The Balaban J connectivity index is 1.38. The van der Waals surface area contributed by atoms with Crippen LogP contribution in [-0.2, 0) is 19.1 Å². The predicted octanol–water partition coefficient (Wildman–Crippen LogP) is 5.18. The topological polar surface area (TPSA) is 96.0 Å². The molecule has 2 heterocycles. The summed E-state index contributed by atoms with van der Waals surface area (Å²) in [5, 5.41) is 2.76. The minimum atomic E-state index is -0.448. The number of anilines is 2. The van der Waals surface area contributed by atoms with Crippen LogP contribution in [0.15, 0.2) is 83.8 Å². The number of thioether (sulfide) groups is 1. The summed E-state index contributed by atoms with van der Waals surface area (Å²) in [7, 11) is 0. The zero-order valence-corrected chi connectivity index (χ0v) is 23.4. The Morgan fingerprint density at radius 1 is 0.950 bits per heavy atom. The molecule has 1 atom stereocenters. The van der Waals surface area contributed by atoms with E-state index in [1.54, 1.807) is 55.5 Å². The van der Waals surface area contributed by atoms with Gasteiger partial charge in [0.25, 0.3) is 11.8 Å². The number of carbonyl (C=O) groups excluding carboxylic acids is 4. The molecule has 1 N–H and O–H groups in total. The number of fused-ring (bicyclic) bond motifs is 1. The molecule has 1 saturated heterocycles. The van der Waals surface area contributed by atoms with Crippen molar-refractivity contribution in [1.82, 2.24) is 4.90 Å². The molecule has 8 nitrogen and oxygen atoms in total. The van der Waals surface area contributed by atoms with E-state index in [4.69, 9.17) is 17.0 Å². The van der Waals surface area contributed by atoms with Crippen molar-refractivity contribution in [3.8, 4) is 0 Å². The Morgan fingerprint density at radius 3 is 2.33 bits per heavy atom. The molecule has 3 aromatic carbocycles. The van der Waals surface area contributed by atoms with Crippen LogP contribution in [-0.4, -0.2) is 46.1 Å². The second kappa shape index (κ2) is 11.4. The Hall–Kier alpha value is -4.28. The lowest BCUT2D eigenvalue weighted by Crippen LogP contribution is -2.35. The van der Waals surface area contributed by atoms with Crippen LogP contribution in [0.25, 0.3) is 5.57 Å². The van der Waals surface area contributed by atoms with E-state index in [2.05, 4.69) is 5.32 Å². The van der Waals surface area contributed by atoms with Crippen LogP contribution >= 0.6 is 24.0 Å². The van der Waals surface area contributed by atoms with E-state index in [0.717, 1.165) is 17.3 Å². The second-order valence-corrected chi connectivity index (χ2v) is 10.7. The minimum absolute atomic E-state index is 0.238. The normalized spacial score (nSPS) is 17.2. The molecule has 0 bridgehead atoms. The maximum Gasteiger partial charge on any atom is 0.338 e. The Kier molecular flexibility index (Phi) is 7.81. The lowest BCUT2D eigenvalue weighted by atomic mass is 10.1. The molecule has 1 fully saturated rings. The fourth-order valence-corrected chi connectivity index (χ4v) is 6.14. The largest absolute Gasteiger partial charge is 0.462 e. The maximum absolute atomic E-state index is 13.7. The van der Waals surface area contributed by atoms with E-state index in [1.165, 1.54) is 9.80 Å². The molecule has 0 radical (unpaired) electrons. The van der Waals surface area contributed by atoms with Gasteiger partial charge in [-0.1, -0.05) is 72.5 Å². The number of carbonyl (C=O) groups is 4. The molecule has 10 heteroatoms. The zero-order valence-electron chi connectivity index (χ0n) is 21.7. The van der Waals surface area contributed by atoms with Crippen LogP contribution in [0.5, 0.6) is 0 Å². The Bertz CT molecular complexity index is 1550. The molecule has 40 heavy (non-hydrogen) atoms. The van der Waals surface area contributed by atoms with Crippen molar-refractivity contribution in [2.24, 2.45) is 0 Å². The van der Waals surface area contributed by atoms with Gasteiger partial charge in [0.1, 0.15) is 10.9 Å². The average molecular weight is 572 g/mol.